The molecule has 0 aromatic heterocycles. The van der Waals surface area contributed by atoms with Crippen LogP contribution < -0.4 is 11.1 Å². The Labute approximate surface area is 99.6 Å². The lowest BCUT2D eigenvalue weighted by atomic mass is 9.97. The summed E-state index contributed by atoms with van der Waals surface area (Å²) in [6, 6.07) is 0.00532. The van der Waals surface area contributed by atoms with Crippen LogP contribution in [0.5, 0.6) is 0 Å². The number of hydrogen-bond acceptors (Lipinski definition) is 2. The van der Waals surface area contributed by atoms with E-state index in [1.165, 1.54) is 0 Å². The van der Waals surface area contributed by atoms with Gasteiger partial charge >= 0.3 is 6.03 Å². The van der Waals surface area contributed by atoms with Crippen LogP contribution in [-0.2, 0) is 0 Å². The zero-order valence-electron chi connectivity index (χ0n) is 11.2. The third-order valence-corrected chi connectivity index (χ3v) is 3.22. The summed E-state index contributed by atoms with van der Waals surface area (Å²) < 4.78 is 0. The molecule has 0 radical (unpaired) electrons. The van der Waals surface area contributed by atoms with Gasteiger partial charge in [0.2, 0.25) is 0 Å². The van der Waals surface area contributed by atoms with E-state index in [1.807, 2.05) is 18.7 Å². The van der Waals surface area contributed by atoms with Crippen molar-refractivity contribution in [1.29, 1.82) is 0 Å². The van der Waals surface area contributed by atoms with Gasteiger partial charge in [0.15, 0.2) is 0 Å². The second-order valence-corrected chi connectivity index (χ2v) is 4.38. The van der Waals surface area contributed by atoms with Crippen LogP contribution in [0.3, 0.4) is 0 Å². The molecule has 1 atom stereocenters. The largest absolute Gasteiger partial charge is 0.338 e. The Balaban J connectivity index is 4.41. The van der Waals surface area contributed by atoms with E-state index in [0.29, 0.717) is 13.1 Å². The van der Waals surface area contributed by atoms with E-state index in [9.17, 15) is 4.79 Å². The second-order valence-electron chi connectivity index (χ2n) is 4.38. The summed E-state index contributed by atoms with van der Waals surface area (Å²) in [6.07, 6.45) is 2.99. The van der Waals surface area contributed by atoms with Gasteiger partial charge in [-0.25, -0.2) is 4.79 Å². The van der Waals surface area contributed by atoms with Crippen LogP contribution in [0, 0.1) is 0 Å². The number of carbonyl (C=O) groups is 1. The summed E-state index contributed by atoms with van der Waals surface area (Å²) in [5.41, 5.74) is 5.53. The van der Waals surface area contributed by atoms with Gasteiger partial charge < -0.3 is 16.0 Å². The van der Waals surface area contributed by atoms with Crippen LogP contribution in [-0.4, -0.2) is 36.1 Å². The van der Waals surface area contributed by atoms with Crippen molar-refractivity contribution in [1.82, 2.24) is 10.2 Å². The van der Waals surface area contributed by atoms with Gasteiger partial charge in [0.05, 0.1) is 5.54 Å². The summed E-state index contributed by atoms with van der Waals surface area (Å²) in [4.78, 5) is 13.8. The standard InChI is InChI=1S/C12H27N3O/c1-5-8-9-14-11(16)15(7-3)12(4,6-2)10-13/h5-10,13H2,1-4H3,(H,14,16). The predicted octanol–water partition coefficient (Wildman–Crippen LogP) is 1.95. The number of unbranched alkanes of at least 4 members (excludes halogenated alkanes) is 1. The molecule has 16 heavy (non-hydrogen) atoms. The number of hydrogen-bond donors (Lipinski definition) is 2. The number of nitrogens with two attached hydrogens (primary N) is 1. The van der Waals surface area contributed by atoms with Crippen LogP contribution in [0.1, 0.15) is 47.0 Å². The number of nitrogens with zero attached hydrogens (tertiary/aromatic N) is 1. The van der Waals surface area contributed by atoms with Gasteiger partial charge in [-0.2, -0.15) is 0 Å². The van der Waals surface area contributed by atoms with Crippen molar-refractivity contribution in [3.8, 4) is 0 Å². The molecule has 0 heterocycles. The third-order valence-electron chi connectivity index (χ3n) is 3.22. The minimum absolute atomic E-state index is 0.00532. The number of nitrogens with one attached hydrogen (secondary N) is 1. The normalized spacial score (nSPS) is 14.3. The molecule has 0 aromatic rings. The van der Waals surface area contributed by atoms with Gasteiger partial charge in [-0.3, -0.25) is 0 Å². The molecular weight excluding hydrogens is 202 g/mol. The predicted molar refractivity (Wildman–Crippen MR) is 68.4 cm³/mol. The fourth-order valence-electron chi connectivity index (χ4n) is 1.68. The Hall–Kier alpha value is -0.770. The van der Waals surface area contributed by atoms with Crippen LogP contribution in [0.15, 0.2) is 0 Å². The van der Waals surface area contributed by atoms with Gasteiger partial charge in [-0.15, -0.1) is 0 Å². The summed E-state index contributed by atoms with van der Waals surface area (Å²) in [7, 11) is 0. The lowest BCUT2D eigenvalue weighted by Crippen LogP contribution is -2.56. The highest BCUT2D eigenvalue weighted by Crippen LogP contribution is 2.17. The van der Waals surface area contributed by atoms with Gasteiger partial charge in [-0.05, 0) is 26.7 Å². The third kappa shape index (κ3) is 4.00. The quantitative estimate of drug-likeness (QED) is 0.655. The van der Waals surface area contributed by atoms with E-state index < -0.39 is 0 Å². The number of amides is 2. The van der Waals surface area contributed by atoms with Crippen LogP contribution in [0.4, 0.5) is 4.79 Å². The average molecular weight is 229 g/mol. The summed E-state index contributed by atoms with van der Waals surface area (Å²) in [6.45, 7) is 10.1. The van der Waals surface area contributed by atoms with Crippen molar-refractivity contribution in [2.24, 2.45) is 5.73 Å². The van der Waals surface area contributed by atoms with Gasteiger partial charge in [0.25, 0.3) is 0 Å². The van der Waals surface area contributed by atoms with Crippen LogP contribution >= 0.6 is 0 Å². The first-order valence-electron chi connectivity index (χ1n) is 6.31. The maximum Gasteiger partial charge on any atom is 0.317 e. The molecule has 0 aromatic carbocycles. The Bertz CT molecular complexity index is 202. The lowest BCUT2D eigenvalue weighted by molar-refractivity contribution is 0.129. The highest BCUT2D eigenvalue weighted by atomic mass is 16.2. The SMILES string of the molecule is CCCCNC(=O)N(CC)C(C)(CC)CN. The molecule has 0 bridgehead atoms. The molecule has 0 spiro atoms. The minimum atomic E-state index is -0.231. The first kappa shape index (κ1) is 15.2. The molecule has 2 amide bonds. The van der Waals surface area contributed by atoms with E-state index in [4.69, 9.17) is 5.73 Å². The maximum absolute atomic E-state index is 12.0. The summed E-state index contributed by atoms with van der Waals surface area (Å²) in [5, 5.41) is 2.94. The molecule has 4 heteroatoms. The summed E-state index contributed by atoms with van der Waals surface area (Å²) in [5.74, 6) is 0. The highest BCUT2D eigenvalue weighted by molar-refractivity contribution is 5.75. The molecule has 4 nitrogen and oxygen atoms in total. The Morgan fingerprint density at radius 1 is 1.38 bits per heavy atom. The fraction of sp³-hybridized carbons (Fsp3) is 0.917. The Kier molecular flexibility index (Phi) is 7.13. The zero-order chi connectivity index (χ0) is 12.6. The Morgan fingerprint density at radius 2 is 2.00 bits per heavy atom. The van der Waals surface area contributed by atoms with Crippen molar-refractivity contribution in [2.75, 3.05) is 19.6 Å². The van der Waals surface area contributed by atoms with Crippen molar-refractivity contribution in [2.45, 2.75) is 52.5 Å². The van der Waals surface area contributed by atoms with Crippen molar-refractivity contribution in [3.05, 3.63) is 0 Å². The molecule has 3 N–H and O–H groups in total. The molecular formula is C12H27N3O. The number of urea groups is 1. The lowest BCUT2D eigenvalue weighted by Gasteiger charge is -2.39. The topological polar surface area (TPSA) is 58.4 Å². The highest BCUT2D eigenvalue weighted by Gasteiger charge is 2.30. The van der Waals surface area contributed by atoms with E-state index in [2.05, 4.69) is 19.2 Å². The minimum Gasteiger partial charge on any atom is -0.338 e. The number of likely N-dealkylation sites (N-methyl/N-ethyl adjacent to an activating group) is 1. The van der Waals surface area contributed by atoms with E-state index in [-0.39, 0.29) is 11.6 Å². The van der Waals surface area contributed by atoms with Crippen molar-refractivity contribution < 1.29 is 4.79 Å². The molecule has 0 saturated carbocycles. The molecule has 0 fully saturated rings. The van der Waals surface area contributed by atoms with E-state index in [1.54, 1.807) is 0 Å². The Morgan fingerprint density at radius 3 is 2.38 bits per heavy atom. The summed E-state index contributed by atoms with van der Waals surface area (Å²) >= 11 is 0. The van der Waals surface area contributed by atoms with E-state index in [0.717, 1.165) is 25.8 Å². The van der Waals surface area contributed by atoms with Crippen molar-refractivity contribution >= 4 is 6.03 Å². The molecule has 96 valence electrons. The zero-order valence-corrected chi connectivity index (χ0v) is 11.2. The van der Waals surface area contributed by atoms with Gasteiger partial charge in [0.1, 0.15) is 0 Å². The first-order chi connectivity index (χ1) is 7.55. The number of carbonyl (C=O) groups excluding carboxylic acids is 1. The van der Waals surface area contributed by atoms with Crippen LogP contribution in [0.2, 0.25) is 0 Å². The smallest absolute Gasteiger partial charge is 0.317 e. The van der Waals surface area contributed by atoms with Crippen LogP contribution in [0.25, 0.3) is 0 Å². The maximum atomic E-state index is 12.0. The molecule has 0 aliphatic carbocycles. The van der Waals surface area contributed by atoms with E-state index >= 15 is 0 Å². The molecule has 0 aliphatic rings. The second kappa shape index (κ2) is 7.49. The van der Waals surface area contributed by atoms with Crippen molar-refractivity contribution in [3.63, 3.8) is 0 Å². The molecule has 0 rings (SSSR count). The first-order valence-corrected chi connectivity index (χ1v) is 6.31. The monoisotopic (exact) mass is 229 g/mol. The fourth-order valence-corrected chi connectivity index (χ4v) is 1.68. The van der Waals surface area contributed by atoms with Gasteiger partial charge in [-0.1, -0.05) is 20.3 Å². The van der Waals surface area contributed by atoms with Gasteiger partial charge in [0, 0.05) is 19.6 Å². The number of rotatable bonds is 7. The molecule has 1 unspecified atom stereocenters. The molecule has 0 aliphatic heterocycles. The average Bonchev–Trinajstić information content (AvgIpc) is 2.30. The molecule has 0 saturated heterocycles.